The van der Waals surface area contributed by atoms with Crippen molar-refractivity contribution in [3.63, 3.8) is 0 Å². The van der Waals surface area contributed by atoms with Crippen LogP contribution in [0, 0.1) is 0 Å². The molecule has 24 heavy (non-hydrogen) atoms. The summed E-state index contributed by atoms with van der Waals surface area (Å²) >= 11 is 3.38. The molecule has 1 saturated carbocycles. The number of nitrogens with one attached hydrogen (secondary N) is 2. The van der Waals surface area contributed by atoms with Crippen LogP contribution in [0.25, 0.3) is 0 Å². The molecule has 0 spiro atoms. The number of aromatic amines is 1. The SMILES string of the molecule is COc1ccc(C(NC(=O)c2n[nH]c(C3CC3)c2Br)C(=O)O)cc1. The molecule has 1 atom stereocenters. The van der Waals surface area contributed by atoms with E-state index in [0.29, 0.717) is 21.7 Å². The van der Waals surface area contributed by atoms with Crippen LogP contribution in [0.5, 0.6) is 5.75 Å². The highest BCUT2D eigenvalue weighted by Crippen LogP contribution is 2.42. The maximum Gasteiger partial charge on any atom is 0.330 e. The average Bonchev–Trinajstić information content (AvgIpc) is 3.34. The van der Waals surface area contributed by atoms with E-state index in [1.165, 1.54) is 7.11 Å². The van der Waals surface area contributed by atoms with Crippen LogP contribution in [0.15, 0.2) is 28.7 Å². The highest BCUT2D eigenvalue weighted by atomic mass is 79.9. The van der Waals surface area contributed by atoms with Gasteiger partial charge in [-0.05, 0) is 46.5 Å². The summed E-state index contributed by atoms with van der Waals surface area (Å²) in [6.45, 7) is 0. The Hall–Kier alpha value is -2.35. The summed E-state index contributed by atoms with van der Waals surface area (Å²) in [5.41, 5.74) is 1.50. The number of nitrogens with zero attached hydrogens (tertiary/aromatic N) is 1. The van der Waals surface area contributed by atoms with Crippen molar-refractivity contribution >= 4 is 27.8 Å². The van der Waals surface area contributed by atoms with Gasteiger partial charge in [0.05, 0.1) is 17.3 Å². The fraction of sp³-hybridized carbons (Fsp3) is 0.312. The number of carbonyl (C=O) groups excluding carboxylic acids is 1. The molecule has 0 saturated heterocycles. The van der Waals surface area contributed by atoms with Gasteiger partial charge in [0.25, 0.3) is 5.91 Å². The van der Waals surface area contributed by atoms with Crippen LogP contribution >= 0.6 is 15.9 Å². The number of aromatic nitrogens is 2. The molecule has 1 unspecified atom stereocenters. The zero-order valence-electron chi connectivity index (χ0n) is 12.9. The van der Waals surface area contributed by atoms with Crippen molar-refractivity contribution in [3.05, 3.63) is 45.7 Å². The maximum absolute atomic E-state index is 12.4. The fourth-order valence-corrected chi connectivity index (χ4v) is 3.10. The number of carbonyl (C=O) groups is 2. The summed E-state index contributed by atoms with van der Waals surface area (Å²) in [4.78, 5) is 24.0. The molecule has 1 aromatic carbocycles. The third kappa shape index (κ3) is 3.28. The first kappa shape index (κ1) is 16.5. The first-order valence-electron chi connectivity index (χ1n) is 7.42. The minimum absolute atomic E-state index is 0.164. The molecular weight excluding hydrogens is 378 g/mol. The van der Waals surface area contributed by atoms with Gasteiger partial charge in [0.15, 0.2) is 11.7 Å². The number of carboxylic acid groups (broad SMARTS) is 1. The number of rotatable bonds is 6. The predicted molar refractivity (Wildman–Crippen MR) is 89.1 cm³/mol. The van der Waals surface area contributed by atoms with Crippen LogP contribution in [0.3, 0.4) is 0 Å². The van der Waals surface area contributed by atoms with Crippen LogP contribution < -0.4 is 10.1 Å². The smallest absolute Gasteiger partial charge is 0.330 e. The molecule has 2 aromatic rings. The standard InChI is InChI=1S/C16H16BrN3O4/c1-24-10-6-4-9(5-7-10)13(16(22)23)18-15(21)14-11(17)12(19-20-14)8-2-3-8/h4-8,13H,2-3H2,1H3,(H,18,21)(H,19,20)(H,22,23). The summed E-state index contributed by atoms with van der Waals surface area (Å²) in [5, 5.41) is 18.8. The van der Waals surface area contributed by atoms with Gasteiger partial charge >= 0.3 is 5.97 Å². The first-order valence-corrected chi connectivity index (χ1v) is 8.22. The lowest BCUT2D eigenvalue weighted by atomic mass is 10.1. The first-order chi connectivity index (χ1) is 11.5. The lowest BCUT2D eigenvalue weighted by molar-refractivity contribution is -0.139. The second-order valence-corrected chi connectivity index (χ2v) is 6.39. The normalized spacial score (nSPS) is 14.9. The number of ether oxygens (including phenoxy) is 1. The molecule has 3 rings (SSSR count). The Morgan fingerprint density at radius 1 is 1.38 bits per heavy atom. The average molecular weight is 394 g/mol. The van der Waals surface area contributed by atoms with E-state index in [-0.39, 0.29) is 5.69 Å². The summed E-state index contributed by atoms with van der Waals surface area (Å²) in [6.07, 6.45) is 2.12. The number of H-pyrrole nitrogens is 1. The number of benzene rings is 1. The van der Waals surface area contributed by atoms with Crippen molar-refractivity contribution < 1.29 is 19.4 Å². The number of aliphatic carboxylic acids is 1. The Bertz CT molecular complexity index is 768. The Kier molecular flexibility index (Phi) is 4.57. The van der Waals surface area contributed by atoms with Crippen molar-refractivity contribution in [2.45, 2.75) is 24.8 Å². The van der Waals surface area contributed by atoms with E-state index in [9.17, 15) is 14.7 Å². The van der Waals surface area contributed by atoms with Crippen molar-refractivity contribution in [2.24, 2.45) is 0 Å². The molecule has 126 valence electrons. The van der Waals surface area contributed by atoms with Crippen LogP contribution in [0.2, 0.25) is 0 Å². The Balaban J connectivity index is 1.79. The molecule has 1 fully saturated rings. The highest BCUT2D eigenvalue weighted by molar-refractivity contribution is 9.10. The number of halogens is 1. The van der Waals surface area contributed by atoms with Crippen LogP contribution in [0.1, 0.15) is 46.5 Å². The van der Waals surface area contributed by atoms with Crippen LogP contribution in [-0.2, 0) is 4.79 Å². The molecule has 0 bridgehead atoms. The molecule has 7 nitrogen and oxygen atoms in total. The monoisotopic (exact) mass is 393 g/mol. The van der Waals surface area contributed by atoms with Gasteiger partial charge in [-0.2, -0.15) is 5.10 Å². The summed E-state index contributed by atoms with van der Waals surface area (Å²) in [6, 6.07) is 5.33. The second kappa shape index (κ2) is 6.64. The van der Waals surface area contributed by atoms with Gasteiger partial charge in [0, 0.05) is 5.92 Å². The number of hydrogen-bond acceptors (Lipinski definition) is 4. The van der Waals surface area contributed by atoms with E-state index < -0.39 is 17.9 Å². The minimum Gasteiger partial charge on any atom is -0.497 e. The van der Waals surface area contributed by atoms with E-state index in [2.05, 4.69) is 31.4 Å². The third-order valence-electron chi connectivity index (χ3n) is 3.90. The van der Waals surface area contributed by atoms with Gasteiger partial charge in [-0.1, -0.05) is 12.1 Å². The van der Waals surface area contributed by atoms with Gasteiger partial charge in [-0.25, -0.2) is 4.79 Å². The Morgan fingerprint density at radius 3 is 2.58 bits per heavy atom. The van der Waals surface area contributed by atoms with Gasteiger partial charge in [-0.3, -0.25) is 9.89 Å². The van der Waals surface area contributed by atoms with Crippen molar-refractivity contribution in [3.8, 4) is 5.75 Å². The molecule has 1 heterocycles. The molecule has 0 radical (unpaired) electrons. The lowest BCUT2D eigenvalue weighted by Crippen LogP contribution is -2.34. The number of hydrogen-bond donors (Lipinski definition) is 3. The zero-order chi connectivity index (χ0) is 17.3. The quantitative estimate of drug-likeness (QED) is 0.699. The molecule has 1 amide bonds. The number of methoxy groups -OCH3 is 1. The molecule has 1 aromatic heterocycles. The molecule has 1 aliphatic carbocycles. The largest absolute Gasteiger partial charge is 0.497 e. The molecule has 8 heteroatoms. The molecular formula is C16H16BrN3O4. The maximum atomic E-state index is 12.4. The third-order valence-corrected chi connectivity index (χ3v) is 4.71. The summed E-state index contributed by atoms with van der Waals surface area (Å²) in [7, 11) is 1.53. The van der Waals surface area contributed by atoms with Crippen molar-refractivity contribution in [1.29, 1.82) is 0 Å². The van der Waals surface area contributed by atoms with E-state index in [1.54, 1.807) is 24.3 Å². The van der Waals surface area contributed by atoms with Crippen molar-refractivity contribution in [2.75, 3.05) is 7.11 Å². The zero-order valence-corrected chi connectivity index (χ0v) is 14.5. The Morgan fingerprint density at radius 2 is 2.04 bits per heavy atom. The van der Waals surface area contributed by atoms with Crippen LogP contribution in [0.4, 0.5) is 0 Å². The summed E-state index contributed by atoms with van der Waals surface area (Å²) in [5.74, 6) is -0.695. The topological polar surface area (TPSA) is 104 Å². The van der Waals surface area contributed by atoms with Gasteiger partial charge in [-0.15, -0.1) is 0 Å². The van der Waals surface area contributed by atoms with E-state index in [0.717, 1.165) is 18.5 Å². The van der Waals surface area contributed by atoms with E-state index in [4.69, 9.17) is 4.74 Å². The number of carboxylic acids is 1. The van der Waals surface area contributed by atoms with Crippen molar-refractivity contribution in [1.82, 2.24) is 15.5 Å². The van der Waals surface area contributed by atoms with E-state index in [1.807, 2.05) is 0 Å². The minimum atomic E-state index is -1.17. The Labute approximate surface area is 146 Å². The van der Waals surface area contributed by atoms with Crippen LogP contribution in [-0.4, -0.2) is 34.3 Å². The summed E-state index contributed by atoms with van der Waals surface area (Å²) < 4.78 is 5.65. The molecule has 3 N–H and O–H groups in total. The highest BCUT2D eigenvalue weighted by Gasteiger charge is 2.31. The number of amides is 1. The fourth-order valence-electron chi connectivity index (χ4n) is 2.42. The van der Waals surface area contributed by atoms with Gasteiger partial charge in [0.1, 0.15) is 5.75 Å². The lowest BCUT2D eigenvalue weighted by Gasteiger charge is -2.14. The molecule has 0 aliphatic heterocycles. The second-order valence-electron chi connectivity index (χ2n) is 5.59. The predicted octanol–water partition coefficient (Wildman–Crippen LogP) is 2.61. The van der Waals surface area contributed by atoms with Gasteiger partial charge in [0.2, 0.25) is 0 Å². The van der Waals surface area contributed by atoms with E-state index >= 15 is 0 Å². The molecule has 1 aliphatic rings. The van der Waals surface area contributed by atoms with Gasteiger partial charge < -0.3 is 15.2 Å².